The second-order valence-corrected chi connectivity index (χ2v) is 12.1. The van der Waals surface area contributed by atoms with Crippen molar-refractivity contribution in [1.82, 2.24) is 0 Å². The number of carbonyl (C=O) groups excluding carboxylic acids is 1. The highest BCUT2D eigenvalue weighted by atomic mass is 16.9. The van der Waals surface area contributed by atoms with Gasteiger partial charge in [0.25, 0.3) is 0 Å². The third-order valence-corrected chi connectivity index (χ3v) is 7.64. The van der Waals surface area contributed by atoms with E-state index in [1.165, 1.54) is 83.5 Å². The molecular weight excluding hydrogens is 472 g/mol. The normalized spacial score (nSPS) is 29.7. The summed E-state index contributed by atoms with van der Waals surface area (Å²) in [5, 5.41) is 0. The summed E-state index contributed by atoms with van der Waals surface area (Å²) in [6, 6.07) is 0. The summed E-state index contributed by atoms with van der Waals surface area (Å²) in [6.07, 6.45) is 18.0. The first-order valence-corrected chi connectivity index (χ1v) is 15.2. The number of esters is 1. The van der Waals surface area contributed by atoms with Gasteiger partial charge in [0, 0.05) is 6.42 Å². The molecule has 3 fully saturated rings. The van der Waals surface area contributed by atoms with Crippen molar-refractivity contribution in [2.75, 3.05) is 6.61 Å². The summed E-state index contributed by atoms with van der Waals surface area (Å²) >= 11 is 0. The number of rotatable bonds is 18. The molecule has 0 bridgehead atoms. The minimum atomic E-state index is -0.755. The molecule has 0 aromatic heterocycles. The Morgan fingerprint density at radius 3 is 1.65 bits per heavy atom. The number of hydrogen-bond donors (Lipinski definition) is 0. The zero-order valence-electron chi connectivity index (χ0n) is 24.3. The lowest BCUT2D eigenvalue weighted by Gasteiger charge is -2.36. The van der Waals surface area contributed by atoms with E-state index >= 15 is 0 Å². The molecule has 0 aliphatic carbocycles. The average Bonchev–Trinajstić information content (AvgIpc) is 3.33. The molecule has 5 atom stereocenters. The molecule has 3 rings (SSSR count). The van der Waals surface area contributed by atoms with Crippen LogP contribution in [0.4, 0.5) is 0 Å². The summed E-state index contributed by atoms with van der Waals surface area (Å²) < 4.78 is 35.8. The van der Waals surface area contributed by atoms with Gasteiger partial charge in [-0.15, -0.1) is 0 Å². The fourth-order valence-corrected chi connectivity index (χ4v) is 5.72. The van der Waals surface area contributed by atoms with Crippen LogP contribution in [0.1, 0.15) is 137 Å². The van der Waals surface area contributed by atoms with Crippen LogP contribution in [0.25, 0.3) is 0 Å². The van der Waals surface area contributed by atoms with Gasteiger partial charge in [0.1, 0.15) is 31.0 Å². The van der Waals surface area contributed by atoms with Crippen LogP contribution in [0.15, 0.2) is 0 Å². The first-order chi connectivity index (χ1) is 17.7. The molecule has 0 spiro atoms. The van der Waals surface area contributed by atoms with Crippen molar-refractivity contribution in [3.8, 4) is 0 Å². The monoisotopic (exact) mass is 526 g/mol. The van der Waals surface area contributed by atoms with Crippen LogP contribution < -0.4 is 0 Å². The first-order valence-electron chi connectivity index (χ1n) is 15.2. The Morgan fingerprint density at radius 1 is 0.622 bits per heavy atom. The van der Waals surface area contributed by atoms with Gasteiger partial charge in [-0.2, -0.15) is 0 Å². The molecule has 0 aromatic carbocycles. The van der Waals surface area contributed by atoms with Crippen LogP contribution in [0.3, 0.4) is 0 Å². The summed E-state index contributed by atoms with van der Waals surface area (Å²) in [4.78, 5) is 12.4. The van der Waals surface area contributed by atoms with E-state index in [1.807, 2.05) is 27.7 Å². The molecule has 0 amide bonds. The largest absolute Gasteiger partial charge is 0.463 e. The minimum absolute atomic E-state index is 0.130. The van der Waals surface area contributed by atoms with Crippen molar-refractivity contribution in [3.63, 3.8) is 0 Å². The maximum Gasteiger partial charge on any atom is 0.305 e. The maximum absolute atomic E-state index is 12.4. The van der Waals surface area contributed by atoms with Crippen molar-refractivity contribution in [2.45, 2.75) is 180 Å². The minimum Gasteiger partial charge on any atom is -0.463 e. The SMILES string of the molecule is CCCCCCCCCCCCCCCCCC(=O)OC[C@@H]1O[C@@H]2OC(C)(C)O[C@@H]2[C@@H]2OC(C)(C)O[C@@H]21. The van der Waals surface area contributed by atoms with Crippen LogP contribution in [0.2, 0.25) is 0 Å². The highest BCUT2D eigenvalue weighted by Gasteiger charge is 2.60. The third-order valence-electron chi connectivity index (χ3n) is 7.64. The Hall–Kier alpha value is -0.730. The van der Waals surface area contributed by atoms with Gasteiger partial charge < -0.3 is 28.4 Å². The topological polar surface area (TPSA) is 72.5 Å². The Morgan fingerprint density at radius 2 is 1.08 bits per heavy atom. The zero-order valence-corrected chi connectivity index (χ0v) is 24.3. The van der Waals surface area contributed by atoms with Gasteiger partial charge in [-0.05, 0) is 34.1 Å². The smallest absolute Gasteiger partial charge is 0.305 e. The van der Waals surface area contributed by atoms with E-state index in [1.54, 1.807) is 0 Å². The second kappa shape index (κ2) is 15.2. The molecule has 3 heterocycles. The van der Waals surface area contributed by atoms with Crippen LogP contribution in [0, 0.1) is 0 Å². The van der Waals surface area contributed by atoms with Crippen LogP contribution in [-0.2, 0) is 33.2 Å². The van der Waals surface area contributed by atoms with Crippen LogP contribution in [-0.4, -0.2) is 54.9 Å². The van der Waals surface area contributed by atoms with Gasteiger partial charge in [-0.3, -0.25) is 4.79 Å². The van der Waals surface area contributed by atoms with Crippen LogP contribution in [0.5, 0.6) is 0 Å². The predicted molar refractivity (Wildman–Crippen MR) is 143 cm³/mol. The van der Waals surface area contributed by atoms with Crippen molar-refractivity contribution >= 4 is 5.97 Å². The van der Waals surface area contributed by atoms with E-state index in [0.29, 0.717) is 6.42 Å². The van der Waals surface area contributed by atoms with Crippen LogP contribution >= 0.6 is 0 Å². The molecule has 0 unspecified atom stereocenters. The summed E-state index contributed by atoms with van der Waals surface area (Å²) in [6.45, 7) is 9.87. The Bertz CT molecular complexity index is 664. The molecule has 0 radical (unpaired) electrons. The lowest BCUT2D eigenvalue weighted by Crippen LogP contribution is -2.56. The molecule has 3 aliphatic heterocycles. The molecule has 0 saturated carbocycles. The second-order valence-electron chi connectivity index (χ2n) is 12.1. The highest BCUT2D eigenvalue weighted by molar-refractivity contribution is 5.69. The maximum atomic E-state index is 12.4. The standard InChI is InChI=1S/C30H54O7/c1-6-7-8-9-10-11-12-13-14-15-16-17-18-19-20-21-24(31)32-22-23-25-26(35-29(2,3)34-25)27-28(33-23)37-30(4,5)36-27/h23,25-28H,6-22H2,1-5H3/t23-,25+,26+,27+,28+/m0/s1. The number of unbranched alkanes of at least 4 members (excludes halogenated alkanes) is 14. The van der Waals surface area contributed by atoms with Crippen molar-refractivity contribution < 1.29 is 33.2 Å². The first kappa shape index (κ1) is 30.8. The van der Waals surface area contributed by atoms with Crippen molar-refractivity contribution in [2.24, 2.45) is 0 Å². The summed E-state index contributed by atoms with van der Waals surface area (Å²) in [5.41, 5.74) is 0. The lowest BCUT2D eigenvalue weighted by atomic mass is 9.99. The van der Waals surface area contributed by atoms with E-state index in [2.05, 4.69) is 6.92 Å². The van der Waals surface area contributed by atoms with Gasteiger partial charge in [0.2, 0.25) is 0 Å². The molecule has 7 heteroatoms. The van der Waals surface area contributed by atoms with E-state index < -0.39 is 24.0 Å². The molecule has 3 saturated heterocycles. The quantitative estimate of drug-likeness (QED) is 0.138. The molecule has 3 aliphatic rings. The van der Waals surface area contributed by atoms with Gasteiger partial charge in [-0.25, -0.2) is 0 Å². The average molecular weight is 527 g/mol. The van der Waals surface area contributed by atoms with Gasteiger partial charge in [-0.1, -0.05) is 96.8 Å². The number of fused-ring (bicyclic) bond motifs is 3. The van der Waals surface area contributed by atoms with Crippen molar-refractivity contribution in [3.05, 3.63) is 0 Å². The Labute approximate surface area is 225 Å². The summed E-state index contributed by atoms with van der Waals surface area (Å²) in [5.74, 6) is -1.69. The number of hydrogen-bond acceptors (Lipinski definition) is 7. The van der Waals surface area contributed by atoms with Crippen molar-refractivity contribution in [1.29, 1.82) is 0 Å². The van der Waals surface area contributed by atoms with E-state index in [-0.39, 0.29) is 30.9 Å². The van der Waals surface area contributed by atoms with E-state index in [4.69, 9.17) is 28.4 Å². The molecular formula is C30H54O7. The van der Waals surface area contributed by atoms with Gasteiger partial charge >= 0.3 is 5.97 Å². The fourth-order valence-electron chi connectivity index (χ4n) is 5.72. The molecule has 0 N–H and O–H groups in total. The number of ether oxygens (including phenoxy) is 6. The molecule has 216 valence electrons. The van der Waals surface area contributed by atoms with E-state index in [9.17, 15) is 4.79 Å². The van der Waals surface area contributed by atoms with Gasteiger partial charge in [0.15, 0.2) is 17.9 Å². The third kappa shape index (κ3) is 10.4. The van der Waals surface area contributed by atoms with E-state index in [0.717, 1.165) is 12.8 Å². The highest BCUT2D eigenvalue weighted by Crippen LogP contribution is 2.44. The predicted octanol–water partition coefficient (Wildman–Crippen LogP) is 7.19. The van der Waals surface area contributed by atoms with Gasteiger partial charge in [0.05, 0.1) is 0 Å². The Balaban J connectivity index is 1.20. The number of carbonyl (C=O) groups is 1. The zero-order chi connectivity index (χ0) is 26.7. The molecule has 0 aromatic rings. The molecule has 7 nitrogen and oxygen atoms in total. The lowest BCUT2D eigenvalue weighted by molar-refractivity contribution is -0.242. The fraction of sp³-hybridized carbons (Fsp3) is 0.967. The molecule has 37 heavy (non-hydrogen) atoms. The summed E-state index contributed by atoms with van der Waals surface area (Å²) in [7, 11) is 0. The Kier molecular flexibility index (Phi) is 12.6.